The first-order chi connectivity index (χ1) is 18.7. The molecule has 0 bridgehead atoms. The smallest absolute Gasteiger partial charge is 0.414 e. The molecule has 2 atom stereocenters. The van der Waals surface area contributed by atoms with Crippen molar-refractivity contribution in [2.75, 3.05) is 24.3 Å². The summed E-state index contributed by atoms with van der Waals surface area (Å²) >= 11 is 0. The van der Waals surface area contributed by atoms with E-state index >= 15 is 0 Å². The van der Waals surface area contributed by atoms with Crippen LogP contribution in [0.15, 0.2) is 53.4 Å². The number of ether oxygens (including phenoxy) is 1. The van der Waals surface area contributed by atoms with Crippen LogP contribution in [0.5, 0.6) is 0 Å². The van der Waals surface area contributed by atoms with Crippen molar-refractivity contribution in [1.82, 2.24) is 0 Å². The molecule has 1 saturated carbocycles. The van der Waals surface area contributed by atoms with Gasteiger partial charge in [0.1, 0.15) is 6.10 Å². The molecule has 0 aromatic heterocycles. The molecule has 1 N–H and O–H groups in total. The van der Waals surface area contributed by atoms with Crippen molar-refractivity contribution in [2.24, 2.45) is 11.8 Å². The fraction of sp³-hybridized carbons (Fsp3) is 0.429. The topological polar surface area (TPSA) is 144 Å². The zero-order chi connectivity index (χ0) is 29.3. The largest absolute Gasteiger partial charge is 0.480 e. The highest BCUT2D eigenvalue weighted by molar-refractivity contribution is 7.92. The number of rotatable bonds is 9. The van der Waals surface area contributed by atoms with Crippen LogP contribution in [0.2, 0.25) is 0 Å². The molecular weight excluding hydrogens is 558 g/mol. The molecular formula is C28H31NO9S2. The number of aliphatic carboxylic acids is 1. The van der Waals surface area contributed by atoms with Gasteiger partial charge in [-0.25, -0.2) is 13.2 Å². The second-order valence-corrected chi connectivity index (χ2v) is 14.6. The van der Waals surface area contributed by atoms with Crippen LogP contribution in [0, 0.1) is 30.6 Å². The summed E-state index contributed by atoms with van der Waals surface area (Å²) < 4.78 is 57.2. The number of carbonyl (C=O) groups is 2. The van der Waals surface area contributed by atoms with Gasteiger partial charge < -0.3 is 9.84 Å². The molecule has 0 spiro atoms. The number of carbonyl (C=O) groups excluding carboxylic acids is 1. The number of aryl methyl sites for hydroxylation is 1. The Morgan fingerprint density at radius 1 is 1.10 bits per heavy atom. The van der Waals surface area contributed by atoms with Crippen LogP contribution < -0.4 is 4.90 Å². The maximum Gasteiger partial charge on any atom is 0.414 e. The van der Waals surface area contributed by atoms with Gasteiger partial charge in [0.2, 0.25) is 0 Å². The number of benzene rings is 2. The van der Waals surface area contributed by atoms with E-state index in [1.54, 1.807) is 36.4 Å². The average Bonchev–Trinajstić information content (AvgIpc) is 3.22. The standard InChI is InChI=1S/C28H31NO9S2/c1-19-4-12-25(13-5-19)40(35,36)37-18-22-14-21(15-22)7-6-20-8-10-23(11-9-20)29-17-24(38-27(29)32)16-28(2,26(30)31)39(3,33)34/h4-5,8-13,21-22,24H,14-18H2,1-3H3,(H,30,31). The van der Waals surface area contributed by atoms with Gasteiger partial charge in [0, 0.05) is 29.8 Å². The number of cyclic esters (lactones) is 1. The minimum Gasteiger partial charge on any atom is -0.480 e. The maximum absolute atomic E-state index is 12.4. The molecule has 1 aliphatic carbocycles. The molecule has 10 nitrogen and oxygen atoms in total. The highest BCUT2D eigenvalue weighted by Crippen LogP contribution is 2.34. The van der Waals surface area contributed by atoms with Gasteiger partial charge in [0.25, 0.3) is 10.1 Å². The lowest BCUT2D eigenvalue weighted by atomic mass is 9.76. The van der Waals surface area contributed by atoms with E-state index in [0.717, 1.165) is 37.1 Å². The Balaban J connectivity index is 1.28. The van der Waals surface area contributed by atoms with Gasteiger partial charge in [-0.3, -0.25) is 13.9 Å². The fourth-order valence-electron chi connectivity index (χ4n) is 4.53. The van der Waals surface area contributed by atoms with Crippen LogP contribution in [0.1, 0.15) is 37.3 Å². The van der Waals surface area contributed by atoms with E-state index in [9.17, 15) is 31.5 Å². The number of hydrogen-bond acceptors (Lipinski definition) is 8. The summed E-state index contributed by atoms with van der Waals surface area (Å²) in [4.78, 5) is 25.5. The Bertz CT molecular complexity index is 1550. The highest BCUT2D eigenvalue weighted by Gasteiger charge is 2.48. The van der Waals surface area contributed by atoms with Crippen LogP contribution in [-0.2, 0) is 33.7 Å². The van der Waals surface area contributed by atoms with Gasteiger partial charge in [0.05, 0.1) is 18.0 Å². The highest BCUT2D eigenvalue weighted by atomic mass is 32.2. The quantitative estimate of drug-likeness (QED) is 0.344. The first-order valence-corrected chi connectivity index (χ1v) is 16.0. The number of nitrogens with zero attached hydrogens (tertiary/aromatic N) is 1. The number of carboxylic acids is 1. The summed E-state index contributed by atoms with van der Waals surface area (Å²) in [7, 11) is -7.74. The van der Waals surface area contributed by atoms with Crippen LogP contribution in [0.4, 0.5) is 10.5 Å². The van der Waals surface area contributed by atoms with Crippen molar-refractivity contribution in [3.63, 3.8) is 0 Å². The molecule has 2 aromatic rings. The molecule has 1 saturated heterocycles. The van der Waals surface area contributed by atoms with E-state index in [-0.39, 0.29) is 36.3 Å². The van der Waals surface area contributed by atoms with Gasteiger partial charge in [0.15, 0.2) is 14.6 Å². The molecule has 2 aromatic carbocycles. The lowest BCUT2D eigenvalue weighted by molar-refractivity contribution is -0.140. The second kappa shape index (κ2) is 11.2. The van der Waals surface area contributed by atoms with E-state index in [4.69, 9.17) is 8.92 Å². The Labute approximate surface area is 234 Å². The van der Waals surface area contributed by atoms with Gasteiger partial charge in [-0.05, 0) is 69.0 Å². The van der Waals surface area contributed by atoms with Gasteiger partial charge in [-0.2, -0.15) is 8.42 Å². The molecule has 4 rings (SSSR count). The van der Waals surface area contributed by atoms with Crippen molar-refractivity contribution >= 4 is 37.7 Å². The minimum absolute atomic E-state index is 0.0212. The fourth-order valence-corrected chi connectivity index (χ4v) is 6.31. The van der Waals surface area contributed by atoms with Crippen LogP contribution >= 0.6 is 0 Å². The maximum atomic E-state index is 12.4. The number of anilines is 1. The lowest BCUT2D eigenvalue weighted by Crippen LogP contribution is -2.46. The Morgan fingerprint density at radius 3 is 2.30 bits per heavy atom. The Morgan fingerprint density at radius 2 is 1.73 bits per heavy atom. The van der Waals surface area contributed by atoms with Gasteiger partial charge >= 0.3 is 12.1 Å². The van der Waals surface area contributed by atoms with E-state index in [2.05, 4.69) is 11.8 Å². The van der Waals surface area contributed by atoms with Crippen molar-refractivity contribution in [1.29, 1.82) is 0 Å². The molecule has 1 amide bonds. The predicted octanol–water partition coefficient (Wildman–Crippen LogP) is 3.38. The third kappa shape index (κ3) is 6.49. The van der Waals surface area contributed by atoms with E-state index in [0.29, 0.717) is 5.69 Å². The van der Waals surface area contributed by atoms with Gasteiger partial charge in [-0.1, -0.05) is 29.5 Å². The van der Waals surface area contributed by atoms with Crippen molar-refractivity contribution in [3.05, 3.63) is 59.7 Å². The van der Waals surface area contributed by atoms with Crippen molar-refractivity contribution in [3.8, 4) is 11.8 Å². The summed E-state index contributed by atoms with van der Waals surface area (Å²) in [5.41, 5.74) is 2.21. The third-order valence-corrected chi connectivity index (χ3v) is 10.6. The normalized spacial score (nSPS) is 22.4. The third-order valence-electron chi connectivity index (χ3n) is 7.37. The average molecular weight is 590 g/mol. The summed E-state index contributed by atoms with van der Waals surface area (Å²) in [6, 6.07) is 13.4. The SMILES string of the molecule is Cc1ccc(S(=O)(=O)OCC2CC(C#Cc3ccc(N4CC(CC(C)(C(=O)O)S(C)(=O)=O)OC4=O)cc3)C2)cc1. The molecule has 214 valence electrons. The number of sulfone groups is 1. The molecule has 0 radical (unpaired) electrons. The Kier molecular flexibility index (Phi) is 8.31. The predicted molar refractivity (Wildman–Crippen MR) is 147 cm³/mol. The van der Waals surface area contributed by atoms with Crippen LogP contribution in [-0.4, -0.2) is 64.3 Å². The van der Waals surface area contributed by atoms with Gasteiger partial charge in [-0.15, -0.1) is 0 Å². The molecule has 2 aliphatic rings. The molecule has 1 aliphatic heterocycles. The zero-order valence-electron chi connectivity index (χ0n) is 22.4. The van der Waals surface area contributed by atoms with Crippen LogP contribution in [0.25, 0.3) is 0 Å². The minimum atomic E-state index is -3.95. The lowest BCUT2D eigenvalue weighted by Gasteiger charge is -2.31. The molecule has 2 fully saturated rings. The number of amides is 1. The first kappa shape index (κ1) is 29.6. The number of hydrogen-bond donors (Lipinski definition) is 1. The molecule has 12 heteroatoms. The van der Waals surface area contributed by atoms with E-state index in [1.165, 1.54) is 17.0 Å². The van der Waals surface area contributed by atoms with Crippen LogP contribution in [0.3, 0.4) is 0 Å². The summed E-state index contributed by atoms with van der Waals surface area (Å²) in [5, 5.41) is 9.47. The van der Waals surface area contributed by atoms with E-state index < -0.39 is 42.9 Å². The first-order valence-electron chi connectivity index (χ1n) is 12.7. The molecule has 1 heterocycles. The van der Waals surface area contributed by atoms with Crippen molar-refractivity contribution in [2.45, 2.75) is 48.9 Å². The summed E-state index contributed by atoms with van der Waals surface area (Å²) in [6.07, 6.45) is 0.376. The summed E-state index contributed by atoms with van der Waals surface area (Å²) in [5.74, 6) is 5.02. The summed E-state index contributed by atoms with van der Waals surface area (Å²) in [6.45, 7) is 3.13. The molecule has 40 heavy (non-hydrogen) atoms. The van der Waals surface area contributed by atoms with E-state index in [1.807, 2.05) is 6.92 Å². The number of carboxylic acid groups (broad SMARTS) is 1. The molecule has 2 unspecified atom stereocenters. The monoisotopic (exact) mass is 589 g/mol. The zero-order valence-corrected chi connectivity index (χ0v) is 24.0. The van der Waals surface area contributed by atoms with Crippen molar-refractivity contribution < 1.29 is 40.5 Å². The Hall–Kier alpha value is -3.40. The second-order valence-electron chi connectivity index (χ2n) is 10.5.